The summed E-state index contributed by atoms with van der Waals surface area (Å²) in [7, 11) is 0. The van der Waals surface area contributed by atoms with Crippen LogP contribution in [0.3, 0.4) is 0 Å². The van der Waals surface area contributed by atoms with Crippen LogP contribution in [0.2, 0.25) is 0 Å². The number of aldehydes is 1. The molecule has 0 aliphatic carbocycles. The van der Waals surface area contributed by atoms with Gasteiger partial charge in [-0.3, -0.25) is 4.90 Å². The molecule has 2 nitrogen and oxygen atoms in total. The summed E-state index contributed by atoms with van der Waals surface area (Å²) in [5.74, 6) is 0.304. The summed E-state index contributed by atoms with van der Waals surface area (Å²) >= 11 is 4.34. The van der Waals surface area contributed by atoms with E-state index in [0.29, 0.717) is 11.3 Å². The molecular weight excluding hydrogens is 158 g/mol. The van der Waals surface area contributed by atoms with Crippen molar-refractivity contribution < 1.29 is 4.79 Å². The molecule has 1 fully saturated rings. The highest BCUT2D eigenvalue weighted by molar-refractivity contribution is 7.80. The predicted molar refractivity (Wildman–Crippen MR) is 48.8 cm³/mol. The molecule has 1 heterocycles. The Morgan fingerprint density at radius 1 is 1.55 bits per heavy atom. The summed E-state index contributed by atoms with van der Waals surface area (Å²) in [6, 6.07) is 0. The molecular formula is C8H15NOS. The molecule has 1 saturated heterocycles. The fourth-order valence-electron chi connectivity index (χ4n) is 1.43. The average molecular weight is 173 g/mol. The average Bonchev–Trinajstić information content (AvgIpc) is 2.05. The number of carbonyl (C=O) groups is 1. The third-order valence-corrected chi connectivity index (χ3v) is 2.62. The zero-order valence-corrected chi connectivity index (χ0v) is 7.76. The van der Waals surface area contributed by atoms with Gasteiger partial charge in [-0.05, 0) is 32.9 Å². The zero-order chi connectivity index (χ0) is 8.27. The summed E-state index contributed by atoms with van der Waals surface area (Å²) in [5.41, 5.74) is 0. The first-order chi connectivity index (χ1) is 5.24. The first-order valence-corrected chi connectivity index (χ1v) is 4.63. The Bertz CT molecular complexity index is 130. The van der Waals surface area contributed by atoms with Crippen LogP contribution in [-0.2, 0) is 4.79 Å². The van der Waals surface area contributed by atoms with Gasteiger partial charge in [-0.15, -0.1) is 0 Å². The summed E-state index contributed by atoms with van der Waals surface area (Å²) < 4.78 is 0. The molecule has 0 aromatic rings. The highest BCUT2D eigenvalue weighted by atomic mass is 32.1. The van der Waals surface area contributed by atoms with E-state index in [2.05, 4.69) is 24.5 Å². The third-order valence-electron chi connectivity index (χ3n) is 2.30. The zero-order valence-electron chi connectivity index (χ0n) is 6.86. The number of hydrogen-bond acceptors (Lipinski definition) is 3. The molecule has 1 aliphatic rings. The van der Waals surface area contributed by atoms with Crippen LogP contribution in [0.25, 0.3) is 0 Å². The van der Waals surface area contributed by atoms with Gasteiger partial charge in [0.05, 0.1) is 0 Å². The van der Waals surface area contributed by atoms with Crippen molar-refractivity contribution in [3.63, 3.8) is 0 Å². The normalized spacial score (nSPS) is 24.9. The topological polar surface area (TPSA) is 20.3 Å². The summed E-state index contributed by atoms with van der Waals surface area (Å²) in [6.07, 6.45) is 3.10. The largest absolute Gasteiger partial charge is 0.303 e. The van der Waals surface area contributed by atoms with E-state index < -0.39 is 0 Å². The number of hydrogen-bond donors (Lipinski definition) is 1. The molecule has 1 unspecified atom stereocenters. The number of nitrogens with zero attached hydrogens (tertiary/aromatic N) is 1. The summed E-state index contributed by atoms with van der Waals surface area (Å²) in [6.45, 7) is 4.12. The highest BCUT2D eigenvalue weighted by Gasteiger charge is 2.19. The number of likely N-dealkylation sites (tertiary alicyclic amines) is 1. The Kier molecular flexibility index (Phi) is 3.40. The Hall–Kier alpha value is -0.0200. The maximum Gasteiger partial charge on any atom is 0.123 e. The minimum absolute atomic E-state index is 0.304. The molecule has 64 valence electrons. The molecule has 0 N–H and O–H groups in total. The van der Waals surface area contributed by atoms with Crippen molar-refractivity contribution in [1.29, 1.82) is 0 Å². The molecule has 11 heavy (non-hydrogen) atoms. The lowest BCUT2D eigenvalue weighted by molar-refractivity contribution is -0.112. The standard InChI is InChI=1S/C8H15NOS/c1-7(11)9-4-2-8(6-10)3-5-9/h6-8,11H,2-5H2,1H3. The van der Waals surface area contributed by atoms with Crippen molar-refractivity contribution in [3.8, 4) is 0 Å². The molecule has 0 radical (unpaired) electrons. The second kappa shape index (κ2) is 4.12. The first kappa shape index (κ1) is 9.07. The van der Waals surface area contributed by atoms with E-state index >= 15 is 0 Å². The van der Waals surface area contributed by atoms with Crippen LogP contribution in [-0.4, -0.2) is 29.6 Å². The monoisotopic (exact) mass is 173 g/mol. The Morgan fingerprint density at radius 3 is 2.45 bits per heavy atom. The lowest BCUT2D eigenvalue weighted by Crippen LogP contribution is -2.37. The van der Waals surface area contributed by atoms with Crippen LogP contribution >= 0.6 is 12.6 Å². The number of piperidine rings is 1. The van der Waals surface area contributed by atoms with Crippen molar-refractivity contribution >= 4 is 18.9 Å². The van der Waals surface area contributed by atoms with E-state index in [1.165, 1.54) is 0 Å². The maximum atomic E-state index is 10.4. The number of carbonyl (C=O) groups excluding carboxylic acids is 1. The Labute approximate surface area is 73.4 Å². The third kappa shape index (κ3) is 2.49. The van der Waals surface area contributed by atoms with Crippen LogP contribution < -0.4 is 0 Å². The minimum Gasteiger partial charge on any atom is -0.303 e. The molecule has 0 saturated carbocycles. The second-order valence-corrected chi connectivity index (χ2v) is 3.89. The van der Waals surface area contributed by atoms with Crippen LogP contribution in [0.5, 0.6) is 0 Å². The second-order valence-electron chi connectivity index (χ2n) is 3.14. The van der Waals surface area contributed by atoms with Gasteiger partial charge in [0.15, 0.2) is 0 Å². The minimum atomic E-state index is 0.304. The number of rotatable bonds is 2. The van der Waals surface area contributed by atoms with E-state index in [1.54, 1.807) is 0 Å². The van der Waals surface area contributed by atoms with Gasteiger partial charge >= 0.3 is 0 Å². The fraction of sp³-hybridized carbons (Fsp3) is 0.875. The van der Waals surface area contributed by atoms with Crippen molar-refractivity contribution in [2.24, 2.45) is 5.92 Å². The van der Waals surface area contributed by atoms with E-state index in [0.717, 1.165) is 32.2 Å². The van der Waals surface area contributed by atoms with Gasteiger partial charge in [0.1, 0.15) is 6.29 Å². The maximum absolute atomic E-state index is 10.4. The van der Waals surface area contributed by atoms with E-state index in [-0.39, 0.29) is 0 Å². The molecule has 0 aromatic heterocycles. The van der Waals surface area contributed by atoms with Gasteiger partial charge in [0.2, 0.25) is 0 Å². The molecule has 0 bridgehead atoms. The lowest BCUT2D eigenvalue weighted by Gasteiger charge is -2.31. The van der Waals surface area contributed by atoms with E-state index in [1.807, 2.05) is 0 Å². The SMILES string of the molecule is CC(S)N1CCC(C=O)CC1. The predicted octanol–water partition coefficient (Wildman–Crippen LogP) is 1.17. The smallest absolute Gasteiger partial charge is 0.123 e. The van der Waals surface area contributed by atoms with Crippen molar-refractivity contribution in [1.82, 2.24) is 4.90 Å². The van der Waals surface area contributed by atoms with Crippen LogP contribution in [0, 0.1) is 5.92 Å². The quantitative estimate of drug-likeness (QED) is 0.500. The van der Waals surface area contributed by atoms with Gasteiger partial charge in [0.25, 0.3) is 0 Å². The summed E-state index contributed by atoms with van der Waals surface area (Å²) in [5, 5.41) is 0.336. The van der Waals surface area contributed by atoms with E-state index in [9.17, 15) is 4.79 Å². The van der Waals surface area contributed by atoms with Gasteiger partial charge in [0, 0.05) is 11.3 Å². The molecule has 0 aromatic carbocycles. The molecule has 1 aliphatic heterocycles. The van der Waals surface area contributed by atoms with Gasteiger partial charge in [-0.25, -0.2) is 0 Å². The van der Waals surface area contributed by atoms with Crippen LogP contribution in [0.1, 0.15) is 19.8 Å². The Morgan fingerprint density at radius 2 is 2.09 bits per heavy atom. The molecule has 0 spiro atoms. The van der Waals surface area contributed by atoms with Gasteiger partial charge < -0.3 is 4.79 Å². The Balaban J connectivity index is 2.29. The summed E-state index contributed by atoms with van der Waals surface area (Å²) in [4.78, 5) is 12.7. The van der Waals surface area contributed by atoms with Crippen LogP contribution in [0.15, 0.2) is 0 Å². The lowest BCUT2D eigenvalue weighted by atomic mass is 9.99. The van der Waals surface area contributed by atoms with Gasteiger partial charge in [-0.1, -0.05) is 0 Å². The number of thiol groups is 1. The molecule has 3 heteroatoms. The van der Waals surface area contributed by atoms with Gasteiger partial charge in [-0.2, -0.15) is 12.6 Å². The first-order valence-electron chi connectivity index (χ1n) is 4.11. The molecule has 1 rings (SSSR count). The molecule has 1 atom stereocenters. The van der Waals surface area contributed by atoms with E-state index in [4.69, 9.17) is 0 Å². The van der Waals surface area contributed by atoms with Crippen molar-refractivity contribution in [2.75, 3.05) is 13.1 Å². The fourth-order valence-corrected chi connectivity index (χ4v) is 1.66. The highest BCUT2D eigenvalue weighted by Crippen LogP contribution is 2.17. The van der Waals surface area contributed by atoms with Crippen molar-refractivity contribution in [3.05, 3.63) is 0 Å². The molecule has 0 amide bonds. The van der Waals surface area contributed by atoms with Crippen LogP contribution in [0.4, 0.5) is 0 Å². The van der Waals surface area contributed by atoms with Crippen molar-refractivity contribution in [2.45, 2.75) is 25.1 Å².